The molecule has 0 saturated heterocycles. The molecule has 4 heteroatoms. The number of aliphatic hydroxyl groups excluding tert-OH is 1. The van der Waals surface area contributed by atoms with E-state index in [4.69, 9.17) is 16.3 Å². The number of benzene rings is 1. The van der Waals surface area contributed by atoms with Gasteiger partial charge in [0, 0.05) is 18.0 Å². The molecule has 0 fully saturated rings. The van der Waals surface area contributed by atoms with E-state index in [1.165, 1.54) is 0 Å². The summed E-state index contributed by atoms with van der Waals surface area (Å²) in [5.41, 5.74) is 0.934. The smallest absolute Gasteiger partial charge is 0.122 e. The third-order valence-electron chi connectivity index (χ3n) is 2.63. The van der Waals surface area contributed by atoms with Crippen LogP contribution in [0.4, 0.5) is 0 Å². The molecule has 0 aliphatic carbocycles. The fourth-order valence-electron chi connectivity index (χ4n) is 1.77. The van der Waals surface area contributed by atoms with Crippen molar-refractivity contribution >= 4 is 11.6 Å². The van der Waals surface area contributed by atoms with E-state index in [0.29, 0.717) is 23.9 Å². The molecule has 0 aromatic heterocycles. The van der Waals surface area contributed by atoms with Crippen molar-refractivity contribution in [2.75, 3.05) is 20.2 Å². The molecule has 1 aromatic rings. The largest absolute Gasteiger partial charge is 0.496 e. The highest BCUT2D eigenvalue weighted by atomic mass is 35.5. The lowest BCUT2D eigenvalue weighted by molar-refractivity contribution is 0.169. The monoisotopic (exact) mass is 271 g/mol. The highest BCUT2D eigenvalue weighted by Gasteiger charge is 2.10. The van der Waals surface area contributed by atoms with Gasteiger partial charge in [0.2, 0.25) is 0 Å². The molecule has 1 aromatic carbocycles. The fraction of sp³-hybridized carbons (Fsp3) is 0.571. The molecule has 2 N–H and O–H groups in total. The van der Waals surface area contributed by atoms with E-state index < -0.39 is 6.10 Å². The van der Waals surface area contributed by atoms with Gasteiger partial charge < -0.3 is 15.2 Å². The van der Waals surface area contributed by atoms with Crippen molar-refractivity contribution < 1.29 is 9.84 Å². The van der Waals surface area contributed by atoms with Gasteiger partial charge in [-0.2, -0.15) is 0 Å². The molecular weight excluding hydrogens is 250 g/mol. The zero-order valence-electron chi connectivity index (χ0n) is 11.2. The molecule has 0 amide bonds. The zero-order chi connectivity index (χ0) is 13.5. The van der Waals surface area contributed by atoms with E-state index in [1.807, 2.05) is 12.1 Å². The third-order valence-corrected chi connectivity index (χ3v) is 2.87. The van der Waals surface area contributed by atoms with Gasteiger partial charge in [0.1, 0.15) is 5.75 Å². The van der Waals surface area contributed by atoms with Crippen LogP contribution >= 0.6 is 11.6 Å². The summed E-state index contributed by atoms with van der Waals surface area (Å²) in [5.74, 6) is 1.35. The van der Waals surface area contributed by atoms with E-state index in [2.05, 4.69) is 19.2 Å². The Kier molecular flexibility index (Phi) is 6.47. The maximum absolute atomic E-state index is 9.97. The lowest BCUT2D eigenvalue weighted by atomic mass is 10.1. The Bertz CT molecular complexity index is 369. The van der Waals surface area contributed by atoms with Gasteiger partial charge in [-0.05, 0) is 36.2 Å². The lowest BCUT2D eigenvalue weighted by Gasteiger charge is -2.15. The van der Waals surface area contributed by atoms with Crippen molar-refractivity contribution in [3.05, 3.63) is 28.8 Å². The van der Waals surface area contributed by atoms with E-state index in [9.17, 15) is 5.11 Å². The minimum absolute atomic E-state index is 0.434. The van der Waals surface area contributed by atoms with Crippen molar-refractivity contribution in [1.29, 1.82) is 0 Å². The summed E-state index contributed by atoms with van der Waals surface area (Å²) in [6, 6.07) is 5.45. The van der Waals surface area contributed by atoms with Crippen LogP contribution in [0.2, 0.25) is 5.02 Å². The Morgan fingerprint density at radius 1 is 1.33 bits per heavy atom. The summed E-state index contributed by atoms with van der Waals surface area (Å²) in [7, 11) is 1.62. The van der Waals surface area contributed by atoms with Crippen molar-refractivity contribution in [2.24, 2.45) is 5.92 Å². The average Bonchev–Trinajstić information content (AvgIpc) is 2.28. The van der Waals surface area contributed by atoms with E-state index in [-0.39, 0.29) is 0 Å². The number of hydrogen-bond donors (Lipinski definition) is 2. The van der Waals surface area contributed by atoms with Crippen LogP contribution in [0.25, 0.3) is 0 Å². The number of nitrogens with one attached hydrogen (secondary N) is 1. The first-order valence-electron chi connectivity index (χ1n) is 6.24. The van der Waals surface area contributed by atoms with Crippen LogP contribution < -0.4 is 10.1 Å². The first-order chi connectivity index (χ1) is 8.52. The molecule has 0 saturated carbocycles. The number of halogens is 1. The molecule has 3 nitrogen and oxygen atoms in total. The molecule has 0 heterocycles. The van der Waals surface area contributed by atoms with Crippen LogP contribution in [-0.2, 0) is 6.42 Å². The number of rotatable bonds is 7. The maximum atomic E-state index is 9.97. The van der Waals surface area contributed by atoms with Crippen LogP contribution in [0.5, 0.6) is 5.75 Å². The Balaban J connectivity index is 2.52. The molecule has 1 rings (SSSR count). The molecule has 0 aliphatic heterocycles. The third kappa shape index (κ3) is 5.25. The van der Waals surface area contributed by atoms with Gasteiger partial charge in [-0.1, -0.05) is 25.4 Å². The summed E-state index contributed by atoms with van der Waals surface area (Å²) < 4.78 is 5.25. The van der Waals surface area contributed by atoms with Gasteiger partial charge in [-0.3, -0.25) is 0 Å². The van der Waals surface area contributed by atoms with Crippen LogP contribution in [-0.4, -0.2) is 31.4 Å². The number of aliphatic hydroxyl groups is 1. The Morgan fingerprint density at radius 3 is 2.67 bits per heavy atom. The van der Waals surface area contributed by atoms with Crippen LogP contribution in [0, 0.1) is 5.92 Å². The topological polar surface area (TPSA) is 41.5 Å². The highest BCUT2D eigenvalue weighted by molar-refractivity contribution is 6.30. The molecule has 1 atom stereocenters. The molecule has 0 radical (unpaired) electrons. The van der Waals surface area contributed by atoms with Crippen LogP contribution in [0.15, 0.2) is 18.2 Å². The van der Waals surface area contributed by atoms with Gasteiger partial charge in [-0.15, -0.1) is 0 Å². The molecule has 0 bridgehead atoms. The van der Waals surface area contributed by atoms with Crippen LogP contribution in [0.3, 0.4) is 0 Å². The molecule has 1 unspecified atom stereocenters. The van der Waals surface area contributed by atoms with E-state index in [0.717, 1.165) is 17.9 Å². The maximum Gasteiger partial charge on any atom is 0.122 e. The van der Waals surface area contributed by atoms with Gasteiger partial charge >= 0.3 is 0 Å². The van der Waals surface area contributed by atoms with Gasteiger partial charge in [0.15, 0.2) is 0 Å². The van der Waals surface area contributed by atoms with Crippen molar-refractivity contribution in [2.45, 2.75) is 26.4 Å². The van der Waals surface area contributed by atoms with Crippen molar-refractivity contribution in [1.82, 2.24) is 5.32 Å². The highest BCUT2D eigenvalue weighted by Crippen LogP contribution is 2.23. The van der Waals surface area contributed by atoms with Crippen LogP contribution in [0.1, 0.15) is 19.4 Å². The Labute approximate surface area is 114 Å². The second-order valence-corrected chi connectivity index (χ2v) is 5.30. The lowest BCUT2D eigenvalue weighted by Crippen LogP contribution is -2.31. The molecule has 0 spiro atoms. The Morgan fingerprint density at radius 2 is 2.06 bits per heavy atom. The van der Waals surface area contributed by atoms with E-state index >= 15 is 0 Å². The minimum Gasteiger partial charge on any atom is -0.496 e. The number of methoxy groups -OCH3 is 1. The predicted octanol–water partition coefficient (Wildman–Crippen LogP) is 2.50. The quantitative estimate of drug-likeness (QED) is 0.801. The SMILES string of the molecule is COc1ccc(Cl)cc1CC(O)CNCC(C)C. The zero-order valence-corrected chi connectivity index (χ0v) is 12.0. The average molecular weight is 272 g/mol. The first-order valence-corrected chi connectivity index (χ1v) is 6.62. The second-order valence-electron chi connectivity index (χ2n) is 4.87. The normalized spacial score (nSPS) is 12.8. The summed E-state index contributed by atoms with van der Waals surface area (Å²) in [6.45, 7) is 5.76. The predicted molar refractivity (Wildman–Crippen MR) is 75.4 cm³/mol. The van der Waals surface area contributed by atoms with E-state index in [1.54, 1.807) is 13.2 Å². The molecule has 18 heavy (non-hydrogen) atoms. The van der Waals surface area contributed by atoms with Gasteiger partial charge in [0.05, 0.1) is 13.2 Å². The van der Waals surface area contributed by atoms with Crippen molar-refractivity contribution in [3.63, 3.8) is 0 Å². The second kappa shape index (κ2) is 7.62. The summed E-state index contributed by atoms with van der Waals surface area (Å²) >= 11 is 5.95. The molecular formula is C14H22ClNO2. The van der Waals surface area contributed by atoms with Gasteiger partial charge in [0.25, 0.3) is 0 Å². The number of ether oxygens (including phenoxy) is 1. The Hall–Kier alpha value is -0.770. The summed E-state index contributed by atoms with van der Waals surface area (Å²) in [5, 5.41) is 13.9. The molecule has 0 aliphatic rings. The standard InChI is InChI=1S/C14H22ClNO2/c1-10(2)8-16-9-13(17)7-11-6-12(15)4-5-14(11)18-3/h4-6,10,13,16-17H,7-9H2,1-3H3. The summed E-state index contributed by atoms with van der Waals surface area (Å²) in [6.07, 6.45) is 0.102. The fourth-order valence-corrected chi connectivity index (χ4v) is 1.97. The van der Waals surface area contributed by atoms with Gasteiger partial charge in [-0.25, -0.2) is 0 Å². The molecule has 102 valence electrons. The minimum atomic E-state index is -0.434. The van der Waals surface area contributed by atoms with Crippen molar-refractivity contribution in [3.8, 4) is 5.75 Å². The summed E-state index contributed by atoms with van der Waals surface area (Å²) in [4.78, 5) is 0. The first kappa shape index (κ1) is 15.3. The number of hydrogen-bond acceptors (Lipinski definition) is 3.